The Morgan fingerprint density at radius 1 is 1.03 bits per heavy atom. The Kier molecular flexibility index (Phi) is 10.7. The van der Waals surface area contributed by atoms with Gasteiger partial charge in [0.2, 0.25) is 11.8 Å². The number of fused-ring (bicyclic) bond motifs is 1. The zero-order chi connectivity index (χ0) is 26.0. The van der Waals surface area contributed by atoms with E-state index in [1.807, 2.05) is 0 Å². The van der Waals surface area contributed by atoms with E-state index in [9.17, 15) is 9.59 Å². The molecule has 7 heteroatoms. The number of amides is 2. The van der Waals surface area contributed by atoms with Crippen LogP contribution in [-0.2, 0) is 22.6 Å². The average Bonchev–Trinajstić information content (AvgIpc) is 3.40. The van der Waals surface area contributed by atoms with Gasteiger partial charge in [-0.25, -0.2) is 0 Å². The summed E-state index contributed by atoms with van der Waals surface area (Å²) in [5.74, 6) is 1.29. The van der Waals surface area contributed by atoms with E-state index < -0.39 is 0 Å². The topological polar surface area (TPSA) is 65.1 Å². The van der Waals surface area contributed by atoms with Crippen molar-refractivity contribution in [3.05, 3.63) is 29.3 Å². The molecule has 0 aliphatic carbocycles. The molecule has 206 valence electrons. The van der Waals surface area contributed by atoms with Crippen molar-refractivity contribution in [3.63, 3.8) is 0 Å². The summed E-state index contributed by atoms with van der Waals surface area (Å²) >= 11 is 0. The third-order valence-electron chi connectivity index (χ3n) is 8.22. The van der Waals surface area contributed by atoms with Gasteiger partial charge in [-0.05, 0) is 96.4 Å². The Balaban J connectivity index is 1.42. The van der Waals surface area contributed by atoms with Crippen molar-refractivity contribution in [2.45, 2.75) is 96.7 Å². The molecule has 4 rings (SSSR count). The summed E-state index contributed by atoms with van der Waals surface area (Å²) in [6.45, 7) is 11.0. The van der Waals surface area contributed by atoms with Crippen LogP contribution in [0.5, 0.6) is 5.75 Å². The Morgan fingerprint density at radius 2 is 1.84 bits per heavy atom. The highest BCUT2D eigenvalue weighted by Crippen LogP contribution is 2.26. The van der Waals surface area contributed by atoms with E-state index in [2.05, 4.69) is 52.1 Å². The van der Waals surface area contributed by atoms with Crippen LogP contribution in [0.2, 0.25) is 0 Å². The highest BCUT2D eigenvalue weighted by molar-refractivity contribution is 5.78. The molecule has 0 spiro atoms. The van der Waals surface area contributed by atoms with Gasteiger partial charge in [0.15, 0.2) is 0 Å². The second kappa shape index (κ2) is 14.1. The lowest BCUT2D eigenvalue weighted by Crippen LogP contribution is -2.49. The minimum atomic E-state index is 0.0854. The van der Waals surface area contributed by atoms with Crippen LogP contribution in [0, 0.1) is 0 Å². The van der Waals surface area contributed by atoms with Gasteiger partial charge < -0.3 is 19.9 Å². The number of aryl methyl sites for hydroxylation is 1. The molecule has 3 aliphatic rings. The standard InChI is InChI=1S/C30H48N4O3/c1-24(2)33-21-26-20-25(11-13-28(26)37-19-9-3-5-15-31-29(35)23-33)12-14-30(36)34-18-6-4-10-27(34)22-32-16-7-8-17-32/h11,13,20,24,27H,3-10,12,14-19,21-23H2,1-2H3,(H,31,35). The SMILES string of the molecule is CC(C)N1CC(=O)NCCCCCOc2ccc(CCC(=O)N3CCCCC3CN3CCCC3)cc2C1. The molecular formula is C30H48N4O3. The van der Waals surface area contributed by atoms with Crippen molar-refractivity contribution >= 4 is 11.8 Å². The van der Waals surface area contributed by atoms with Gasteiger partial charge >= 0.3 is 0 Å². The van der Waals surface area contributed by atoms with Gasteiger partial charge in [0.1, 0.15) is 5.75 Å². The average molecular weight is 513 g/mol. The fourth-order valence-electron chi connectivity index (χ4n) is 5.92. The lowest BCUT2D eigenvalue weighted by molar-refractivity contribution is -0.135. The lowest BCUT2D eigenvalue weighted by Gasteiger charge is -2.38. The van der Waals surface area contributed by atoms with E-state index in [0.717, 1.165) is 69.5 Å². The maximum atomic E-state index is 13.3. The van der Waals surface area contributed by atoms with E-state index in [1.165, 1.54) is 37.9 Å². The molecule has 1 atom stereocenters. The molecule has 1 aromatic carbocycles. The van der Waals surface area contributed by atoms with Gasteiger partial charge in [-0.1, -0.05) is 12.1 Å². The van der Waals surface area contributed by atoms with E-state index in [0.29, 0.717) is 38.1 Å². The number of ether oxygens (including phenoxy) is 1. The maximum Gasteiger partial charge on any atom is 0.234 e. The zero-order valence-electron chi connectivity index (χ0n) is 23.2. The highest BCUT2D eigenvalue weighted by atomic mass is 16.5. The number of nitrogens with zero attached hydrogens (tertiary/aromatic N) is 3. The van der Waals surface area contributed by atoms with Crippen LogP contribution in [-0.4, -0.2) is 84.5 Å². The van der Waals surface area contributed by atoms with Crippen LogP contribution in [0.1, 0.15) is 82.8 Å². The van der Waals surface area contributed by atoms with Crippen molar-refractivity contribution in [2.75, 3.05) is 45.9 Å². The van der Waals surface area contributed by atoms with E-state index in [1.54, 1.807) is 0 Å². The molecule has 2 saturated heterocycles. The maximum absolute atomic E-state index is 13.3. The van der Waals surface area contributed by atoms with Gasteiger partial charge in [0, 0.05) is 50.2 Å². The molecule has 37 heavy (non-hydrogen) atoms. The predicted molar refractivity (Wildman–Crippen MR) is 148 cm³/mol. The van der Waals surface area contributed by atoms with Crippen LogP contribution in [0.15, 0.2) is 18.2 Å². The second-order valence-corrected chi connectivity index (χ2v) is 11.4. The number of benzene rings is 1. The van der Waals surface area contributed by atoms with Crippen molar-refractivity contribution < 1.29 is 14.3 Å². The third-order valence-corrected chi connectivity index (χ3v) is 8.22. The van der Waals surface area contributed by atoms with E-state index in [-0.39, 0.29) is 11.9 Å². The van der Waals surface area contributed by atoms with E-state index in [4.69, 9.17) is 4.74 Å². The quantitative estimate of drug-likeness (QED) is 0.625. The summed E-state index contributed by atoms with van der Waals surface area (Å²) in [6, 6.07) is 7.01. The first kappa shape index (κ1) is 27.9. The molecule has 1 N–H and O–H groups in total. The normalized spacial score (nSPS) is 22.9. The summed E-state index contributed by atoms with van der Waals surface area (Å²) in [6.07, 6.45) is 10.4. The molecule has 1 unspecified atom stereocenters. The van der Waals surface area contributed by atoms with Gasteiger partial charge in [-0.2, -0.15) is 0 Å². The number of piperidine rings is 1. The van der Waals surface area contributed by atoms with Crippen LogP contribution in [0.3, 0.4) is 0 Å². The zero-order valence-corrected chi connectivity index (χ0v) is 23.2. The smallest absolute Gasteiger partial charge is 0.234 e. The molecule has 1 aromatic rings. The highest BCUT2D eigenvalue weighted by Gasteiger charge is 2.29. The number of carbonyl (C=O) groups excluding carboxylic acids is 2. The largest absolute Gasteiger partial charge is 0.493 e. The van der Waals surface area contributed by atoms with Crippen LogP contribution in [0.25, 0.3) is 0 Å². The minimum Gasteiger partial charge on any atom is -0.493 e. The lowest BCUT2D eigenvalue weighted by atomic mass is 9.99. The Morgan fingerprint density at radius 3 is 2.65 bits per heavy atom. The molecule has 0 saturated carbocycles. The Bertz CT molecular complexity index is 884. The van der Waals surface area contributed by atoms with E-state index >= 15 is 0 Å². The van der Waals surface area contributed by atoms with Gasteiger partial charge in [-0.15, -0.1) is 0 Å². The molecule has 3 aliphatic heterocycles. The minimum absolute atomic E-state index is 0.0854. The second-order valence-electron chi connectivity index (χ2n) is 11.4. The van der Waals surface area contributed by atoms with Crippen molar-refractivity contribution in [1.29, 1.82) is 0 Å². The van der Waals surface area contributed by atoms with Crippen LogP contribution < -0.4 is 10.1 Å². The molecule has 7 nitrogen and oxygen atoms in total. The fraction of sp³-hybridized carbons (Fsp3) is 0.733. The van der Waals surface area contributed by atoms with Crippen LogP contribution in [0.4, 0.5) is 0 Å². The number of carbonyl (C=O) groups is 2. The van der Waals surface area contributed by atoms with Crippen molar-refractivity contribution in [1.82, 2.24) is 20.0 Å². The number of likely N-dealkylation sites (tertiary alicyclic amines) is 2. The monoisotopic (exact) mass is 512 g/mol. The molecule has 0 bridgehead atoms. The molecular weight excluding hydrogens is 464 g/mol. The molecule has 0 radical (unpaired) electrons. The first-order valence-electron chi connectivity index (χ1n) is 14.8. The Labute approximate surface area is 223 Å². The molecule has 0 aromatic heterocycles. The molecule has 3 heterocycles. The fourth-order valence-corrected chi connectivity index (χ4v) is 5.92. The van der Waals surface area contributed by atoms with Gasteiger partial charge in [0.05, 0.1) is 13.2 Å². The summed E-state index contributed by atoms with van der Waals surface area (Å²) in [5, 5.41) is 3.06. The predicted octanol–water partition coefficient (Wildman–Crippen LogP) is 3.99. The first-order chi connectivity index (χ1) is 18.0. The Hall–Kier alpha value is -2.12. The van der Waals surface area contributed by atoms with Crippen LogP contribution >= 0.6 is 0 Å². The van der Waals surface area contributed by atoms with Crippen molar-refractivity contribution in [3.8, 4) is 5.75 Å². The third kappa shape index (κ3) is 8.44. The van der Waals surface area contributed by atoms with Gasteiger partial charge in [-0.3, -0.25) is 14.5 Å². The van der Waals surface area contributed by atoms with Gasteiger partial charge in [0.25, 0.3) is 0 Å². The summed E-state index contributed by atoms with van der Waals surface area (Å²) < 4.78 is 6.20. The number of nitrogens with one attached hydrogen (secondary N) is 1. The summed E-state index contributed by atoms with van der Waals surface area (Å²) in [7, 11) is 0. The molecule has 2 amide bonds. The summed E-state index contributed by atoms with van der Waals surface area (Å²) in [5.41, 5.74) is 2.27. The van der Waals surface area contributed by atoms with Crippen molar-refractivity contribution in [2.24, 2.45) is 0 Å². The number of hydrogen-bond donors (Lipinski definition) is 1. The number of hydrogen-bond acceptors (Lipinski definition) is 5. The summed E-state index contributed by atoms with van der Waals surface area (Å²) in [4.78, 5) is 32.8. The first-order valence-corrected chi connectivity index (χ1v) is 14.8. The number of rotatable bonds is 6. The molecule has 2 fully saturated rings.